The van der Waals surface area contributed by atoms with Crippen LogP contribution in [0.2, 0.25) is 0 Å². The molecule has 0 spiro atoms. The van der Waals surface area contributed by atoms with Crippen LogP contribution in [0.1, 0.15) is 96.1 Å². The molecular formula is C34H40N4O4. The Kier molecular flexibility index (Phi) is 8.13. The number of amides is 1. The van der Waals surface area contributed by atoms with Crippen molar-refractivity contribution >= 4 is 51.5 Å². The van der Waals surface area contributed by atoms with Crippen LogP contribution in [-0.4, -0.2) is 45.2 Å². The molecule has 1 amide bonds. The van der Waals surface area contributed by atoms with Crippen molar-refractivity contribution < 1.29 is 19.2 Å². The van der Waals surface area contributed by atoms with Gasteiger partial charge in [0, 0.05) is 41.3 Å². The summed E-state index contributed by atoms with van der Waals surface area (Å²) < 4.78 is 8.57. The van der Waals surface area contributed by atoms with Gasteiger partial charge in [-0.1, -0.05) is 55.8 Å². The number of carbonyl (C=O) groups is 2. The molecule has 2 aromatic carbocycles. The van der Waals surface area contributed by atoms with E-state index < -0.39 is 5.97 Å². The van der Waals surface area contributed by atoms with Crippen LogP contribution in [0.4, 0.5) is 0 Å². The Balaban J connectivity index is 1.38. The van der Waals surface area contributed by atoms with E-state index in [0.29, 0.717) is 17.5 Å². The Morgan fingerprint density at radius 2 is 1.62 bits per heavy atom. The Morgan fingerprint density at radius 3 is 2.31 bits per heavy atom. The van der Waals surface area contributed by atoms with Gasteiger partial charge in [0.1, 0.15) is 0 Å². The largest absolute Gasteiger partial charge is 0.420 e. The van der Waals surface area contributed by atoms with E-state index in [1.54, 1.807) is 0 Å². The molecule has 2 saturated carbocycles. The number of benzene rings is 2. The second-order valence-electron chi connectivity index (χ2n) is 11.8. The van der Waals surface area contributed by atoms with Gasteiger partial charge in [0.25, 0.3) is 5.91 Å². The Bertz CT molecular complexity index is 1600. The van der Waals surface area contributed by atoms with Gasteiger partial charge in [0.2, 0.25) is 0 Å². The van der Waals surface area contributed by atoms with Gasteiger partial charge in [0.15, 0.2) is 5.76 Å². The summed E-state index contributed by atoms with van der Waals surface area (Å²) in [6.45, 7) is 6.11. The molecule has 1 saturated heterocycles. The average molecular weight is 569 g/mol. The number of hydrogen-bond donors (Lipinski definition) is 0. The van der Waals surface area contributed by atoms with E-state index in [1.165, 1.54) is 32.6 Å². The normalized spacial score (nSPS) is 21.2. The predicted octanol–water partition coefficient (Wildman–Crippen LogP) is 7.32. The van der Waals surface area contributed by atoms with Crippen LogP contribution in [0.3, 0.4) is 0 Å². The lowest BCUT2D eigenvalue weighted by atomic mass is 9.94. The number of oxime groups is 1. The fraction of sp³-hybridized carbons (Fsp3) is 0.471. The highest BCUT2D eigenvalue weighted by Gasteiger charge is 2.40. The van der Waals surface area contributed by atoms with E-state index in [1.807, 2.05) is 30.0 Å². The molecule has 0 N–H and O–H groups in total. The zero-order valence-electron chi connectivity index (χ0n) is 24.9. The van der Waals surface area contributed by atoms with Crippen molar-refractivity contribution in [2.45, 2.75) is 104 Å². The molecular weight excluding hydrogens is 528 g/mol. The number of fused-ring (bicyclic) bond motifs is 3. The maximum absolute atomic E-state index is 13.8. The number of carbonyl (C=O) groups excluding carboxylic acids is 2. The first-order chi connectivity index (χ1) is 20.4. The third-order valence-electron chi connectivity index (χ3n) is 8.88. The Labute approximate surface area is 247 Å². The molecule has 0 radical (unpaired) electrons. The number of ether oxygens (including phenoxy) is 1. The SMILES string of the molecule is CCn1c2ccc(/C=C3\OC(=NC4CCCCC4)N(C4CCCCC4)C3=O)cc2c2cc(/C(C)=N/OC(C)=O)ccc21. The lowest BCUT2D eigenvalue weighted by molar-refractivity contribution is -0.140. The fourth-order valence-corrected chi connectivity index (χ4v) is 6.72. The number of aromatic nitrogens is 1. The number of hydrogen-bond acceptors (Lipinski definition) is 6. The fourth-order valence-electron chi connectivity index (χ4n) is 6.72. The van der Waals surface area contributed by atoms with Crippen molar-refractivity contribution in [3.63, 3.8) is 0 Å². The molecule has 3 fully saturated rings. The van der Waals surface area contributed by atoms with Crippen LogP contribution < -0.4 is 0 Å². The maximum Gasteiger partial charge on any atom is 0.331 e. The maximum atomic E-state index is 13.8. The van der Waals surface area contributed by atoms with Gasteiger partial charge >= 0.3 is 12.0 Å². The van der Waals surface area contributed by atoms with Crippen molar-refractivity contribution in [3.05, 3.63) is 53.3 Å². The molecule has 42 heavy (non-hydrogen) atoms. The molecule has 0 atom stereocenters. The standard InChI is InChI=1S/C34H40N4O4/c1-4-37-30-17-15-24(19-28(30)29-21-25(16-18-31(29)37)22(2)36-42-23(3)39)20-32-33(40)38(27-13-9-6-10-14-27)34(41-32)35-26-11-7-5-8-12-26/h15-21,26-27H,4-14H2,1-3H3/b32-20-,35-34?,36-22+. The zero-order valence-corrected chi connectivity index (χ0v) is 24.9. The van der Waals surface area contributed by atoms with Gasteiger partial charge in [-0.15, -0.1) is 0 Å². The number of aryl methyl sites for hydroxylation is 1. The molecule has 0 unspecified atom stereocenters. The molecule has 8 heteroatoms. The van der Waals surface area contributed by atoms with Crippen LogP contribution in [0.5, 0.6) is 0 Å². The minimum absolute atomic E-state index is 0.0767. The van der Waals surface area contributed by atoms with Gasteiger partial charge in [-0.2, -0.15) is 0 Å². The summed E-state index contributed by atoms with van der Waals surface area (Å²) in [5, 5.41) is 6.13. The van der Waals surface area contributed by atoms with Crippen molar-refractivity contribution in [1.82, 2.24) is 9.47 Å². The van der Waals surface area contributed by atoms with E-state index in [2.05, 4.69) is 40.9 Å². The number of rotatable bonds is 6. The van der Waals surface area contributed by atoms with Crippen LogP contribution >= 0.6 is 0 Å². The Hall–Kier alpha value is -3.94. The quantitative estimate of drug-likeness (QED) is 0.135. The first-order valence-electron chi connectivity index (χ1n) is 15.5. The molecule has 2 aliphatic carbocycles. The van der Waals surface area contributed by atoms with Crippen molar-refractivity contribution in [3.8, 4) is 0 Å². The monoisotopic (exact) mass is 568 g/mol. The highest BCUT2D eigenvalue weighted by atomic mass is 16.7. The van der Waals surface area contributed by atoms with Crippen LogP contribution in [-0.2, 0) is 25.7 Å². The highest BCUT2D eigenvalue weighted by Crippen LogP contribution is 2.34. The van der Waals surface area contributed by atoms with Gasteiger partial charge in [-0.05, 0) is 81.0 Å². The predicted molar refractivity (Wildman–Crippen MR) is 166 cm³/mol. The Morgan fingerprint density at radius 1 is 0.952 bits per heavy atom. The first kappa shape index (κ1) is 28.2. The molecule has 8 nitrogen and oxygen atoms in total. The number of amidine groups is 1. The summed E-state index contributed by atoms with van der Waals surface area (Å²) in [5.41, 5.74) is 4.63. The van der Waals surface area contributed by atoms with Gasteiger partial charge in [-0.25, -0.2) is 9.79 Å². The summed E-state index contributed by atoms with van der Waals surface area (Å²) in [4.78, 5) is 36.8. The van der Waals surface area contributed by atoms with Gasteiger partial charge in [-0.3, -0.25) is 9.69 Å². The van der Waals surface area contributed by atoms with E-state index >= 15 is 0 Å². The van der Waals surface area contributed by atoms with Crippen LogP contribution in [0, 0.1) is 0 Å². The third-order valence-corrected chi connectivity index (χ3v) is 8.88. The van der Waals surface area contributed by atoms with E-state index in [4.69, 9.17) is 14.6 Å². The lowest BCUT2D eigenvalue weighted by Gasteiger charge is -2.29. The lowest BCUT2D eigenvalue weighted by Crippen LogP contribution is -2.41. The molecule has 1 aliphatic heterocycles. The molecule has 2 heterocycles. The number of nitrogens with zero attached hydrogens (tertiary/aromatic N) is 4. The average Bonchev–Trinajstić information content (AvgIpc) is 3.49. The second-order valence-corrected chi connectivity index (χ2v) is 11.8. The molecule has 1 aromatic heterocycles. The molecule has 6 rings (SSSR count). The van der Waals surface area contributed by atoms with Crippen molar-refractivity contribution in [1.29, 1.82) is 0 Å². The van der Waals surface area contributed by atoms with E-state index in [9.17, 15) is 9.59 Å². The third kappa shape index (κ3) is 5.59. The summed E-state index contributed by atoms with van der Waals surface area (Å²) in [7, 11) is 0. The molecule has 3 aliphatic rings. The topological polar surface area (TPSA) is 85.5 Å². The van der Waals surface area contributed by atoms with Crippen LogP contribution in [0.15, 0.2) is 52.3 Å². The first-order valence-corrected chi connectivity index (χ1v) is 15.5. The zero-order chi connectivity index (χ0) is 29.2. The summed E-state index contributed by atoms with van der Waals surface area (Å²) >= 11 is 0. The van der Waals surface area contributed by atoms with Crippen LogP contribution in [0.25, 0.3) is 27.9 Å². The number of aliphatic imine (C=N–C) groups is 1. The van der Waals surface area contributed by atoms with Crippen molar-refractivity contribution in [2.24, 2.45) is 10.1 Å². The van der Waals surface area contributed by atoms with E-state index in [0.717, 1.165) is 78.0 Å². The summed E-state index contributed by atoms with van der Waals surface area (Å²) in [6.07, 6.45) is 13.1. The van der Waals surface area contributed by atoms with E-state index in [-0.39, 0.29) is 18.0 Å². The van der Waals surface area contributed by atoms with Gasteiger partial charge < -0.3 is 14.1 Å². The molecule has 0 bridgehead atoms. The van der Waals surface area contributed by atoms with Gasteiger partial charge in [0.05, 0.1) is 11.8 Å². The minimum atomic E-state index is -0.451. The summed E-state index contributed by atoms with van der Waals surface area (Å²) in [6, 6.07) is 13.3. The highest BCUT2D eigenvalue weighted by molar-refractivity contribution is 6.13. The molecule has 220 valence electrons. The smallest absolute Gasteiger partial charge is 0.331 e. The minimum Gasteiger partial charge on any atom is -0.420 e. The second kappa shape index (κ2) is 12.1. The molecule has 3 aromatic rings. The van der Waals surface area contributed by atoms with Crippen molar-refractivity contribution in [2.75, 3.05) is 0 Å². The summed E-state index contributed by atoms with van der Waals surface area (Å²) in [5.74, 6) is -0.181.